The molecule has 0 amide bonds. The van der Waals surface area contributed by atoms with Crippen LogP contribution in [0, 0.1) is 11.8 Å². The number of carbonyl (C=O) groups excluding carboxylic acids is 4. The predicted octanol–water partition coefficient (Wildman–Crippen LogP) is 23.5. The first-order chi connectivity index (χ1) is 47.4. The average Bonchev–Trinajstić information content (AvgIpc) is 1.04. The first kappa shape index (κ1) is 96.1. The second-order valence-electron chi connectivity index (χ2n) is 29.2. The van der Waals surface area contributed by atoms with E-state index in [1.807, 2.05) is 0 Å². The number of rotatable bonds is 78. The van der Waals surface area contributed by atoms with Crippen molar-refractivity contribution in [1.29, 1.82) is 0 Å². The van der Waals surface area contributed by atoms with Gasteiger partial charge in [-0.15, -0.1) is 0 Å². The largest absolute Gasteiger partial charge is 0.472 e. The Balaban J connectivity index is 5.20. The Morgan fingerprint density at radius 2 is 0.520 bits per heavy atom. The normalized spacial score (nSPS) is 14.2. The van der Waals surface area contributed by atoms with Gasteiger partial charge in [0.05, 0.1) is 26.4 Å². The number of unbranched alkanes of at least 4 members (excludes halogenated alkanes) is 47. The number of phosphoric acid groups is 2. The van der Waals surface area contributed by atoms with Gasteiger partial charge in [-0.05, 0) is 37.5 Å². The molecule has 0 bridgehead atoms. The second kappa shape index (κ2) is 70.7. The van der Waals surface area contributed by atoms with Crippen LogP contribution >= 0.6 is 15.6 Å². The number of esters is 4. The summed E-state index contributed by atoms with van der Waals surface area (Å²) in [5, 5.41) is 10.6. The van der Waals surface area contributed by atoms with Crippen LogP contribution in [0.25, 0.3) is 0 Å². The molecular weight excluding hydrogens is 1280 g/mol. The zero-order valence-corrected chi connectivity index (χ0v) is 65.9. The molecule has 6 atom stereocenters. The summed E-state index contributed by atoms with van der Waals surface area (Å²) in [6.07, 6.45) is 59.7. The van der Waals surface area contributed by atoms with E-state index in [4.69, 9.17) is 37.0 Å². The summed E-state index contributed by atoms with van der Waals surface area (Å²) in [5.74, 6) is -0.539. The first-order valence-electron chi connectivity index (χ1n) is 41.0. The first-order valence-corrected chi connectivity index (χ1v) is 44.0. The zero-order valence-electron chi connectivity index (χ0n) is 64.1. The molecule has 98 heavy (non-hydrogen) atoms. The lowest BCUT2D eigenvalue weighted by atomic mass is 9.99. The van der Waals surface area contributed by atoms with E-state index < -0.39 is 97.5 Å². The lowest BCUT2D eigenvalue weighted by Gasteiger charge is -2.21. The molecule has 0 aliphatic carbocycles. The highest BCUT2D eigenvalue weighted by Crippen LogP contribution is 2.45. The molecule has 0 aromatic carbocycles. The maximum atomic E-state index is 13.1. The Morgan fingerprint density at radius 1 is 0.296 bits per heavy atom. The summed E-state index contributed by atoms with van der Waals surface area (Å²) in [4.78, 5) is 72.9. The molecule has 0 radical (unpaired) electrons. The van der Waals surface area contributed by atoms with Gasteiger partial charge in [0.15, 0.2) is 12.2 Å². The van der Waals surface area contributed by atoms with E-state index in [2.05, 4.69) is 41.5 Å². The number of ether oxygens (including phenoxy) is 4. The molecule has 0 spiro atoms. The number of aliphatic hydroxyl groups excluding tert-OH is 1. The summed E-state index contributed by atoms with van der Waals surface area (Å²) in [5.41, 5.74) is 0. The second-order valence-corrected chi connectivity index (χ2v) is 32.1. The maximum absolute atomic E-state index is 13.1. The Labute approximate surface area is 600 Å². The molecule has 17 nitrogen and oxygen atoms in total. The van der Waals surface area contributed by atoms with Gasteiger partial charge in [0.1, 0.15) is 19.3 Å². The van der Waals surface area contributed by atoms with Gasteiger partial charge in [0, 0.05) is 25.7 Å². The number of hydrogen-bond acceptors (Lipinski definition) is 15. The van der Waals surface area contributed by atoms with Crippen molar-refractivity contribution in [2.75, 3.05) is 39.6 Å². The minimum Gasteiger partial charge on any atom is -0.462 e. The molecule has 582 valence electrons. The quantitative estimate of drug-likeness (QED) is 0.0222. The van der Waals surface area contributed by atoms with Gasteiger partial charge >= 0.3 is 39.5 Å². The Morgan fingerprint density at radius 3 is 0.776 bits per heavy atom. The lowest BCUT2D eigenvalue weighted by Crippen LogP contribution is -2.30. The summed E-state index contributed by atoms with van der Waals surface area (Å²) >= 11 is 0. The standard InChI is InChI=1S/C79H154O17P2/c1-7-10-12-14-16-18-19-20-21-22-23-24-25-26-27-28-31-39-45-51-57-63-78(83)95-75(68-90-77(82)62-56-50-44-38-32-29-30-36-41-47-53-59-71(4)5)70-94-98(87,88)92-66-73(80)65-91-97(85,86)93-69-74(67-89-76(81)61-55-49-43-35-17-15-13-11-8-2)96-79(84)64-58-52-46-40-34-33-37-42-48-54-60-72(6)9-3/h71-75,80H,7-70H2,1-6H3,(H,85,86)(H,87,88)/t72?,73-,74+,75+/m0/s1. The van der Waals surface area contributed by atoms with Crippen LogP contribution in [0.1, 0.15) is 414 Å². The van der Waals surface area contributed by atoms with E-state index in [0.29, 0.717) is 25.7 Å². The fourth-order valence-corrected chi connectivity index (χ4v) is 13.7. The molecule has 3 unspecified atom stereocenters. The summed E-state index contributed by atoms with van der Waals surface area (Å²) in [7, 11) is -9.91. The fraction of sp³-hybridized carbons (Fsp3) is 0.949. The van der Waals surface area contributed by atoms with Gasteiger partial charge in [0.2, 0.25) is 0 Å². The highest BCUT2D eigenvalue weighted by atomic mass is 31.2. The SMILES string of the molecule is CCCCCCCCCCCCCCCCCCCCCCCC(=O)O[C@H](COC(=O)CCCCCCCCCCCCCC(C)C)COP(=O)(O)OC[C@@H](O)COP(=O)(O)OC[C@@H](COC(=O)CCCCCCCCCCC)OC(=O)CCCCCCCCCCCCC(C)CC. The van der Waals surface area contributed by atoms with Gasteiger partial charge in [-0.25, -0.2) is 9.13 Å². The number of hydrogen-bond donors (Lipinski definition) is 3. The monoisotopic (exact) mass is 1440 g/mol. The van der Waals surface area contributed by atoms with Crippen molar-refractivity contribution in [3.63, 3.8) is 0 Å². The van der Waals surface area contributed by atoms with E-state index in [1.54, 1.807) is 0 Å². The predicted molar refractivity (Wildman–Crippen MR) is 400 cm³/mol. The summed E-state index contributed by atoms with van der Waals surface area (Å²) in [6.45, 7) is 9.63. The highest BCUT2D eigenvalue weighted by molar-refractivity contribution is 7.47. The van der Waals surface area contributed by atoms with Crippen molar-refractivity contribution in [2.24, 2.45) is 11.8 Å². The zero-order chi connectivity index (χ0) is 72.1. The fourth-order valence-electron chi connectivity index (χ4n) is 12.2. The summed E-state index contributed by atoms with van der Waals surface area (Å²) in [6, 6.07) is 0. The molecule has 0 aromatic heterocycles. The van der Waals surface area contributed by atoms with Crippen LogP contribution in [0.5, 0.6) is 0 Å². The van der Waals surface area contributed by atoms with Crippen LogP contribution in [0.15, 0.2) is 0 Å². The van der Waals surface area contributed by atoms with Gasteiger partial charge in [-0.3, -0.25) is 37.3 Å². The summed E-state index contributed by atoms with van der Waals surface area (Å²) < 4.78 is 68.6. The highest BCUT2D eigenvalue weighted by Gasteiger charge is 2.30. The molecule has 0 aliphatic rings. The average molecular weight is 1440 g/mol. The molecule has 0 saturated heterocycles. The minimum atomic E-state index is -4.96. The van der Waals surface area contributed by atoms with E-state index >= 15 is 0 Å². The van der Waals surface area contributed by atoms with Crippen LogP contribution < -0.4 is 0 Å². The van der Waals surface area contributed by atoms with Crippen molar-refractivity contribution in [3.05, 3.63) is 0 Å². The van der Waals surface area contributed by atoms with E-state index in [1.165, 1.54) is 231 Å². The molecule has 0 aromatic rings. The maximum Gasteiger partial charge on any atom is 0.472 e. The minimum absolute atomic E-state index is 0.106. The van der Waals surface area contributed by atoms with Crippen LogP contribution in [-0.4, -0.2) is 96.7 Å². The molecule has 0 rings (SSSR count). The topological polar surface area (TPSA) is 237 Å². The number of carbonyl (C=O) groups is 4. The third-order valence-corrected chi connectivity index (χ3v) is 20.7. The van der Waals surface area contributed by atoms with Crippen LogP contribution in [0.3, 0.4) is 0 Å². The molecule has 0 fully saturated rings. The Hall–Kier alpha value is -1.94. The third-order valence-electron chi connectivity index (χ3n) is 18.8. The van der Waals surface area contributed by atoms with Crippen LogP contribution in [0.4, 0.5) is 0 Å². The molecule has 3 N–H and O–H groups in total. The van der Waals surface area contributed by atoms with Gasteiger partial charge < -0.3 is 33.8 Å². The van der Waals surface area contributed by atoms with Crippen molar-refractivity contribution in [2.45, 2.75) is 432 Å². The molecule has 19 heteroatoms. The van der Waals surface area contributed by atoms with Crippen molar-refractivity contribution >= 4 is 39.5 Å². The van der Waals surface area contributed by atoms with Crippen molar-refractivity contribution in [3.8, 4) is 0 Å². The van der Waals surface area contributed by atoms with Crippen LogP contribution in [-0.2, 0) is 65.4 Å². The van der Waals surface area contributed by atoms with Gasteiger partial charge in [-0.1, -0.05) is 363 Å². The van der Waals surface area contributed by atoms with E-state index in [-0.39, 0.29) is 25.7 Å². The van der Waals surface area contributed by atoms with Gasteiger partial charge in [0.25, 0.3) is 0 Å². The van der Waals surface area contributed by atoms with Crippen molar-refractivity contribution < 1.29 is 80.2 Å². The molecular formula is C79H154O17P2. The molecule has 0 heterocycles. The van der Waals surface area contributed by atoms with E-state index in [9.17, 15) is 43.2 Å². The van der Waals surface area contributed by atoms with Crippen molar-refractivity contribution in [1.82, 2.24) is 0 Å². The molecule has 0 aliphatic heterocycles. The van der Waals surface area contributed by atoms with Crippen LogP contribution in [0.2, 0.25) is 0 Å². The number of aliphatic hydroxyl groups is 1. The Bertz CT molecular complexity index is 1890. The lowest BCUT2D eigenvalue weighted by molar-refractivity contribution is -0.161. The third kappa shape index (κ3) is 71.1. The smallest absolute Gasteiger partial charge is 0.462 e. The number of phosphoric ester groups is 2. The van der Waals surface area contributed by atoms with Gasteiger partial charge in [-0.2, -0.15) is 0 Å². The van der Waals surface area contributed by atoms with E-state index in [0.717, 1.165) is 102 Å². The molecule has 0 saturated carbocycles. The Kier molecular flexibility index (Phi) is 69.3.